The highest BCUT2D eigenvalue weighted by atomic mass is 15.2. The van der Waals surface area contributed by atoms with Crippen molar-refractivity contribution in [3.05, 3.63) is 0 Å². The van der Waals surface area contributed by atoms with Crippen molar-refractivity contribution in [3.63, 3.8) is 0 Å². The molecule has 0 aromatic rings. The minimum Gasteiger partial charge on any atom is -0.317 e. The summed E-state index contributed by atoms with van der Waals surface area (Å²) in [6.45, 7) is 3.82. The van der Waals surface area contributed by atoms with E-state index in [0.29, 0.717) is 0 Å². The summed E-state index contributed by atoms with van der Waals surface area (Å²) < 4.78 is 0. The molecule has 1 N–H and O–H groups in total. The quantitative estimate of drug-likeness (QED) is 0.788. The Morgan fingerprint density at radius 3 is 2.63 bits per heavy atom. The van der Waals surface area contributed by atoms with Crippen LogP contribution in [0.1, 0.15) is 44.9 Å². The normalized spacial score (nSPS) is 34.4. The highest BCUT2D eigenvalue weighted by molar-refractivity contribution is 4.84. The Morgan fingerprint density at radius 2 is 1.89 bits per heavy atom. The number of nitrogens with zero attached hydrogens (tertiary/aromatic N) is 2. The third-order valence-electron chi connectivity index (χ3n) is 5.28. The second-order valence-corrected chi connectivity index (χ2v) is 6.79. The van der Waals surface area contributed by atoms with Gasteiger partial charge in [-0.25, -0.2) is 0 Å². The number of rotatable bonds is 4. The fourth-order valence-electron chi connectivity index (χ4n) is 4.00. The van der Waals surface area contributed by atoms with Crippen LogP contribution in [0.2, 0.25) is 0 Å². The number of hydrogen-bond acceptors (Lipinski definition) is 3. The lowest BCUT2D eigenvalue weighted by atomic mass is 9.93. The lowest BCUT2D eigenvalue weighted by Crippen LogP contribution is -2.48. The Hall–Kier alpha value is -0.120. The summed E-state index contributed by atoms with van der Waals surface area (Å²) in [6.07, 6.45) is 9.82. The first-order valence-electron chi connectivity index (χ1n) is 8.26. The molecule has 112 valence electrons. The molecule has 0 amide bonds. The molecule has 1 saturated carbocycles. The van der Waals surface area contributed by atoms with Crippen molar-refractivity contribution in [2.45, 2.75) is 57.0 Å². The Labute approximate surface area is 119 Å². The van der Waals surface area contributed by atoms with E-state index in [-0.39, 0.29) is 0 Å². The highest BCUT2D eigenvalue weighted by Crippen LogP contribution is 2.25. The SMILES string of the molecule is CNC1CCCCCC1CN(C)C1CCCN(C)C1. The summed E-state index contributed by atoms with van der Waals surface area (Å²) in [5, 5.41) is 3.57. The van der Waals surface area contributed by atoms with E-state index in [1.165, 1.54) is 64.6 Å². The van der Waals surface area contributed by atoms with Crippen molar-refractivity contribution in [1.29, 1.82) is 0 Å². The van der Waals surface area contributed by atoms with E-state index in [9.17, 15) is 0 Å². The highest BCUT2D eigenvalue weighted by Gasteiger charge is 2.27. The summed E-state index contributed by atoms with van der Waals surface area (Å²) in [5.74, 6) is 0.852. The maximum Gasteiger partial charge on any atom is 0.0220 e. The van der Waals surface area contributed by atoms with Crippen molar-refractivity contribution < 1.29 is 0 Å². The average Bonchev–Trinajstić information content (AvgIpc) is 2.63. The Morgan fingerprint density at radius 1 is 1.11 bits per heavy atom. The minimum atomic E-state index is 0.742. The van der Waals surface area contributed by atoms with E-state index in [2.05, 4.69) is 36.3 Å². The van der Waals surface area contributed by atoms with Crippen LogP contribution in [0.25, 0.3) is 0 Å². The molecule has 0 spiro atoms. The molecule has 1 saturated heterocycles. The molecule has 1 aliphatic carbocycles. The van der Waals surface area contributed by atoms with Gasteiger partial charge in [-0.05, 0) is 59.3 Å². The zero-order valence-corrected chi connectivity index (χ0v) is 13.2. The van der Waals surface area contributed by atoms with Gasteiger partial charge < -0.3 is 15.1 Å². The fourth-order valence-corrected chi connectivity index (χ4v) is 4.00. The first-order chi connectivity index (χ1) is 9.20. The third kappa shape index (κ3) is 4.44. The predicted molar refractivity (Wildman–Crippen MR) is 82.6 cm³/mol. The molecule has 19 heavy (non-hydrogen) atoms. The molecule has 2 aliphatic rings. The Kier molecular flexibility index (Phi) is 6.11. The van der Waals surface area contributed by atoms with Gasteiger partial charge in [0.2, 0.25) is 0 Å². The van der Waals surface area contributed by atoms with E-state index in [4.69, 9.17) is 0 Å². The largest absolute Gasteiger partial charge is 0.317 e. The smallest absolute Gasteiger partial charge is 0.0220 e. The zero-order valence-electron chi connectivity index (χ0n) is 13.2. The van der Waals surface area contributed by atoms with Crippen LogP contribution in [-0.4, -0.2) is 62.7 Å². The number of likely N-dealkylation sites (tertiary alicyclic amines) is 1. The van der Waals surface area contributed by atoms with E-state index in [1.54, 1.807) is 0 Å². The first-order valence-corrected chi connectivity index (χ1v) is 8.26. The first kappa shape index (κ1) is 15.3. The fraction of sp³-hybridized carbons (Fsp3) is 1.00. The molecule has 0 aromatic carbocycles. The molecule has 0 aromatic heterocycles. The lowest BCUT2D eigenvalue weighted by molar-refractivity contribution is 0.110. The molecule has 0 bridgehead atoms. The van der Waals surface area contributed by atoms with Gasteiger partial charge in [0, 0.05) is 25.2 Å². The monoisotopic (exact) mass is 267 g/mol. The second kappa shape index (κ2) is 7.61. The molecular weight excluding hydrogens is 234 g/mol. The van der Waals surface area contributed by atoms with E-state index in [1.807, 2.05) is 0 Å². The second-order valence-electron chi connectivity index (χ2n) is 6.79. The molecule has 2 fully saturated rings. The topological polar surface area (TPSA) is 18.5 Å². The summed E-state index contributed by atoms with van der Waals surface area (Å²) in [6, 6.07) is 1.52. The number of hydrogen-bond donors (Lipinski definition) is 1. The molecule has 2 rings (SSSR count). The maximum atomic E-state index is 3.57. The van der Waals surface area contributed by atoms with Crippen LogP contribution in [0.15, 0.2) is 0 Å². The Bertz CT molecular complexity index is 256. The number of nitrogens with one attached hydrogen (secondary N) is 1. The molecule has 0 radical (unpaired) electrons. The van der Waals surface area contributed by atoms with Gasteiger partial charge in [0.1, 0.15) is 0 Å². The van der Waals surface area contributed by atoms with Crippen molar-refractivity contribution in [1.82, 2.24) is 15.1 Å². The molecule has 1 heterocycles. The van der Waals surface area contributed by atoms with Crippen LogP contribution >= 0.6 is 0 Å². The summed E-state index contributed by atoms with van der Waals surface area (Å²) in [5.41, 5.74) is 0. The van der Waals surface area contributed by atoms with Crippen molar-refractivity contribution in [2.24, 2.45) is 5.92 Å². The molecule has 1 aliphatic heterocycles. The van der Waals surface area contributed by atoms with Crippen molar-refractivity contribution >= 4 is 0 Å². The molecule has 3 heteroatoms. The van der Waals surface area contributed by atoms with Crippen molar-refractivity contribution in [3.8, 4) is 0 Å². The van der Waals surface area contributed by atoms with Gasteiger partial charge in [-0.3, -0.25) is 0 Å². The summed E-state index contributed by atoms with van der Waals surface area (Å²) in [7, 11) is 6.76. The van der Waals surface area contributed by atoms with Crippen LogP contribution in [0, 0.1) is 5.92 Å². The third-order valence-corrected chi connectivity index (χ3v) is 5.28. The van der Waals surface area contributed by atoms with Crippen LogP contribution in [0.3, 0.4) is 0 Å². The standard InChI is InChI=1S/C16H33N3/c1-17-16-10-6-4-5-8-14(16)12-19(3)15-9-7-11-18(2)13-15/h14-17H,4-13H2,1-3H3. The minimum absolute atomic E-state index is 0.742. The van der Waals surface area contributed by atoms with E-state index in [0.717, 1.165) is 18.0 Å². The van der Waals surface area contributed by atoms with Crippen LogP contribution in [0.4, 0.5) is 0 Å². The number of likely N-dealkylation sites (N-methyl/N-ethyl adjacent to an activating group) is 2. The number of piperidine rings is 1. The van der Waals surface area contributed by atoms with Gasteiger partial charge in [0.05, 0.1) is 0 Å². The van der Waals surface area contributed by atoms with Gasteiger partial charge >= 0.3 is 0 Å². The summed E-state index contributed by atoms with van der Waals surface area (Å²) >= 11 is 0. The van der Waals surface area contributed by atoms with Crippen LogP contribution in [0.5, 0.6) is 0 Å². The van der Waals surface area contributed by atoms with Gasteiger partial charge in [0.15, 0.2) is 0 Å². The molecule has 3 atom stereocenters. The van der Waals surface area contributed by atoms with Gasteiger partial charge in [-0.15, -0.1) is 0 Å². The molecular formula is C16H33N3. The Balaban J connectivity index is 1.86. The predicted octanol–water partition coefficient (Wildman–Crippen LogP) is 2.18. The van der Waals surface area contributed by atoms with Crippen LogP contribution < -0.4 is 5.32 Å². The zero-order chi connectivity index (χ0) is 13.7. The van der Waals surface area contributed by atoms with Gasteiger partial charge in [-0.1, -0.05) is 19.3 Å². The van der Waals surface area contributed by atoms with Crippen molar-refractivity contribution in [2.75, 3.05) is 40.8 Å². The van der Waals surface area contributed by atoms with Gasteiger partial charge in [0.25, 0.3) is 0 Å². The average molecular weight is 267 g/mol. The van der Waals surface area contributed by atoms with Crippen LogP contribution in [-0.2, 0) is 0 Å². The summed E-state index contributed by atoms with van der Waals surface area (Å²) in [4.78, 5) is 5.14. The maximum absolute atomic E-state index is 3.57. The van der Waals surface area contributed by atoms with E-state index >= 15 is 0 Å². The van der Waals surface area contributed by atoms with Gasteiger partial charge in [-0.2, -0.15) is 0 Å². The molecule has 3 unspecified atom stereocenters. The van der Waals surface area contributed by atoms with E-state index < -0.39 is 0 Å². The lowest BCUT2D eigenvalue weighted by Gasteiger charge is -2.38. The molecule has 3 nitrogen and oxygen atoms in total.